The molecule has 3 nitrogen and oxygen atoms in total. The van der Waals surface area contributed by atoms with E-state index in [9.17, 15) is 5.11 Å². The number of phenols is 1. The molecule has 2 aromatic rings. The summed E-state index contributed by atoms with van der Waals surface area (Å²) in [6, 6.07) is 14.5. The second-order valence-electron chi connectivity index (χ2n) is 5.90. The molecule has 21 heavy (non-hydrogen) atoms. The monoisotopic (exact) mass is 281 g/mol. The Kier molecular flexibility index (Phi) is 3.08. The van der Waals surface area contributed by atoms with Gasteiger partial charge in [-0.3, -0.25) is 0 Å². The largest absolute Gasteiger partial charge is 0.508 e. The van der Waals surface area contributed by atoms with E-state index in [2.05, 4.69) is 23.5 Å². The maximum atomic E-state index is 9.77. The van der Waals surface area contributed by atoms with Gasteiger partial charge >= 0.3 is 0 Å². The molecule has 0 amide bonds. The molecule has 2 unspecified atom stereocenters. The Balaban J connectivity index is 1.61. The standard InChI is InChI=1S/C18H19NO2/c20-13-9-8-12-4-3-6-16(15(12)10-13)19-17-11-21-18-7-2-1-5-14(17)18/h1-2,5,7-10,16-17,19-20H,3-4,6,11H2. The fourth-order valence-electron chi connectivity index (χ4n) is 3.50. The van der Waals surface area contributed by atoms with Gasteiger partial charge in [0.25, 0.3) is 0 Å². The molecular weight excluding hydrogens is 262 g/mol. The maximum absolute atomic E-state index is 9.77. The predicted molar refractivity (Wildman–Crippen MR) is 81.6 cm³/mol. The molecule has 0 radical (unpaired) electrons. The molecular formula is C18H19NO2. The lowest BCUT2D eigenvalue weighted by molar-refractivity contribution is 0.290. The molecule has 0 saturated heterocycles. The zero-order valence-electron chi connectivity index (χ0n) is 11.9. The molecule has 1 aliphatic heterocycles. The number of hydrogen-bond acceptors (Lipinski definition) is 3. The van der Waals surface area contributed by atoms with E-state index < -0.39 is 0 Å². The van der Waals surface area contributed by atoms with Crippen LogP contribution >= 0.6 is 0 Å². The van der Waals surface area contributed by atoms with Crippen molar-refractivity contribution in [3.05, 3.63) is 59.2 Å². The molecule has 0 saturated carbocycles. The van der Waals surface area contributed by atoms with Gasteiger partial charge < -0.3 is 15.2 Å². The molecule has 1 heterocycles. The van der Waals surface area contributed by atoms with Gasteiger partial charge in [0.2, 0.25) is 0 Å². The Morgan fingerprint density at radius 3 is 2.90 bits per heavy atom. The van der Waals surface area contributed by atoms with Crippen LogP contribution in [0, 0.1) is 0 Å². The van der Waals surface area contributed by atoms with Crippen molar-refractivity contribution < 1.29 is 9.84 Å². The number of para-hydroxylation sites is 1. The van der Waals surface area contributed by atoms with Crippen molar-refractivity contribution in [3.8, 4) is 11.5 Å². The van der Waals surface area contributed by atoms with Gasteiger partial charge in [-0.2, -0.15) is 0 Å². The van der Waals surface area contributed by atoms with Gasteiger partial charge in [-0.1, -0.05) is 24.3 Å². The second-order valence-corrected chi connectivity index (χ2v) is 5.90. The summed E-state index contributed by atoms with van der Waals surface area (Å²) < 4.78 is 5.75. The van der Waals surface area contributed by atoms with Crippen LogP contribution in [0.5, 0.6) is 11.5 Å². The number of rotatable bonds is 2. The minimum atomic E-state index is 0.236. The lowest BCUT2D eigenvalue weighted by atomic mass is 9.87. The summed E-state index contributed by atoms with van der Waals surface area (Å²) in [6.45, 7) is 0.685. The van der Waals surface area contributed by atoms with Crippen LogP contribution in [0.25, 0.3) is 0 Å². The van der Waals surface area contributed by atoms with Crippen LogP contribution in [-0.2, 0) is 6.42 Å². The molecule has 0 fully saturated rings. The highest BCUT2D eigenvalue weighted by atomic mass is 16.5. The van der Waals surface area contributed by atoms with E-state index in [0.717, 1.165) is 18.6 Å². The van der Waals surface area contributed by atoms with E-state index in [1.807, 2.05) is 18.2 Å². The first-order chi connectivity index (χ1) is 10.3. The van der Waals surface area contributed by atoms with Crippen molar-refractivity contribution in [1.29, 1.82) is 0 Å². The summed E-state index contributed by atoms with van der Waals surface area (Å²) in [5.41, 5.74) is 3.83. The first-order valence-electron chi connectivity index (χ1n) is 7.61. The lowest BCUT2D eigenvalue weighted by Gasteiger charge is -2.29. The molecule has 1 aliphatic carbocycles. The Hall–Kier alpha value is -2.00. The summed E-state index contributed by atoms with van der Waals surface area (Å²) in [4.78, 5) is 0. The van der Waals surface area contributed by atoms with E-state index in [4.69, 9.17) is 4.74 Å². The zero-order valence-corrected chi connectivity index (χ0v) is 11.9. The van der Waals surface area contributed by atoms with Gasteiger partial charge in [-0.05, 0) is 48.6 Å². The van der Waals surface area contributed by atoms with E-state index >= 15 is 0 Å². The van der Waals surface area contributed by atoms with Crippen LogP contribution in [0.2, 0.25) is 0 Å². The molecule has 108 valence electrons. The first kappa shape index (κ1) is 12.7. The van der Waals surface area contributed by atoms with Crippen molar-refractivity contribution in [2.45, 2.75) is 31.3 Å². The number of phenolic OH excluding ortho intramolecular Hbond substituents is 1. The van der Waals surface area contributed by atoms with Gasteiger partial charge in [0, 0.05) is 11.6 Å². The molecule has 0 spiro atoms. The smallest absolute Gasteiger partial charge is 0.124 e. The van der Waals surface area contributed by atoms with Crippen molar-refractivity contribution in [3.63, 3.8) is 0 Å². The molecule has 3 heteroatoms. The minimum absolute atomic E-state index is 0.236. The summed E-state index contributed by atoms with van der Waals surface area (Å²) >= 11 is 0. The van der Waals surface area contributed by atoms with Gasteiger partial charge in [0.05, 0.1) is 6.04 Å². The van der Waals surface area contributed by atoms with E-state index in [0.29, 0.717) is 18.4 Å². The van der Waals surface area contributed by atoms with Gasteiger partial charge in [0.1, 0.15) is 18.1 Å². The van der Waals surface area contributed by atoms with Crippen LogP contribution < -0.4 is 10.1 Å². The number of aromatic hydroxyl groups is 1. The van der Waals surface area contributed by atoms with Crippen molar-refractivity contribution in [2.24, 2.45) is 0 Å². The molecule has 4 rings (SSSR count). The fraction of sp³-hybridized carbons (Fsp3) is 0.333. The van der Waals surface area contributed by atoms with Crippen LogP contribution in [0.4, 0.5) is 0 Å². The number of nitrogens with one attached hydrogen (secondary N) is 1. The summed E-state index contributed by atoms with van der Waals surface area (Å²) in [7, 11) is 0. The van der Waals surface area contributed by atoms with E-state index in [-0.39, 0.29) is 6.04 Å². The predicted octanol–water partition coefficient (Wildman–Crippen LogP) is 3.49. The van der Waals surface area contributed by atoms with Gasteiger partial charge in [-0.15, -0.1) is 0 Å². The van der Waals surface area contributed by atoms with Crippen molar-refractivity contribution >= 4 is 0 Å². The molecule has 0 bridgehead atoms. The van der Waals surface area contributed by atoms with Crippen LogP contribution in [0.3, 0.4) is 0 Å². The third kappa shape index (κ3) is 2.28. The number of fused-ring (bicyclic) bond motifs is 2. The molecule has 2 aliphatic rings. The number of hydrogen-bond donors (Lipinski definition) is 2. The third-order valence-electron chi connectivity index (χ3n) is 4.55. The quantitative estimate of drug-likeness (QED) is 0.885. The van der Waals surface area contributed by atoms with Crippen molar-refractivity contribution in [1.82, 2.24) is 5.32 Å². The topological polar surface area (TPSA) is 41.5 Å². The van der Waals surface area contributed by atoms with E-state index in [1.54, 1.807) is 6.07 Å². The summed E-state index contributed by atoms with van der Waals surface area (Å²) in [5, 5.41) is 13.5. The summed E-state index contributed by atoms with van der Waals surface area (Å²) in [6.07, 6.45) is 3.39. The Labute approximate surface area is 124 Å². The van der Waals surface area contributed by atoms with Gasteiger partial charge in [0.15, 0.2) is 0 Å². The average Bonchev–Trinajstić information content (AvgIpc) is 2.91. The second kappa shape index (κ2) is 5.08. The SMILES string of the molecule is Oc1ccc2c(c1)C(NC1COc3ccccc31)CCC2. The number of ether oxygens (including phenoxy) is 1. The number of aryl methyl sites for hydroxylation is 1. The molecule has 2 N–H and O–H groups in total. The normalized spacial score (nSPS) is 23.2. The number of benzene rings is 2. The summed E-state index contributed by atoms with van der Waals surface area (Å²) in [5.74, 6) is 1.34. The molecule has 0 aromatic heterocycles. The Morgan fingerprint density at radius 2 is 1.95 bits per heavy atom. The highest BCUT2D eigenvalue weighted by Crippen LogP contribution is 2.37. The zero-order chi connectivity index (χ0) is 14.2. The average molecular weight is 281 g/mol. The highest BCUT2D eigenvalue weighted by molar-refractivity contribution is 5.41. The van der Waals surface area contributed by atoms with Crippen LogP contribution in [0.15, 0.2) is 42.5 Å². The van der Waals surface area contributed by atoms with Crippen LogP contribution in [-0.4, -0.2) is 11.7 Å². The maximum Gasteiger partial charge on any atom is 0.124 e. The fourth-order valence-corrected chi connectivity index (χ4v) is 3.50. The Morgan fingerprint density at radius 1 is 1.05 bits per heavy atom. The van der Waals surface area contributed by atoms with E-state index in [1.165, 1.54) is 23.1 Å². The van der Waals surface area contributed by atoms with Gasteiger partial charge in [-0.25, -0.2) is 0 Å². The molecule has 2 aromatic carbocycles. The van der Waals surface area contributed by atoms with Crippen LogP contribution in [0.1, 0.15) is 41.6 Å². The Bertz CT molecular complexity index is 668. The minimum Gasteiger partial charge on any atom is -0.508 e. The first-order valence-corrected chi connectivity index (χ1v) is 7.61. The molecule has 2 atom stereocenters. The third-order valence-corrected chi connectivity index (χ3v) is 4.55. The highest BCUT2D eigenvalue weighted by Gasteiger charge is 2.28. The van der Waals surface area contributed by atoms with Crippen molar-refractivity contribution in [2.75, 3.05) is 6.61 Å². The lowest BCUT2D eigenvalue weighted by Crippen LogP contribution is -2.30.